The molecule has 0 aromatic heterocycles. The van der Waals surface area contributed by atoms with Crippen LogP contribution in [0.5, 0.6) is 0 Å². The Kier molecular flexibility index (Phi) is 4.49. The van der Waals surface area contributed by atoms with Crippen molar-refractivity contribution in [3.63, 3.8) is 0 Å². The average molecular weight is 307 g/mol. The van der Waals surface area contributed by atoms with Crippen molar-refractivity contribution in [1.29, 1.82) is 0 Å². The molecule has 0 bridgehead atoms. The van der Waals surface area contributed by atoms with Crippen LogP contribution in [0, 0.1) is 0 Å². The Morgan fingerprint density at radius 1 is 1.40 bits per heavy atom. The second-order valence-corrected chi connectivity index (χ2v) is 5.60. The lowest BCUT2D eigenvalue weighted by Crippen LogP contribution is -2.36. The first-order valence-electron chi connectivity index (χ1n) is 6.62. The van der Waals surface area contributed by atoms with Crippen molar-refractivity contribution in [3.05, 3.63) is 28.8 Å². The van der Waals surface area contributed by atoms with E-state index in [2.05, 4.69) is 5.32 Å². The van der Waals surface area contributed by atoms with Crippen LogP contribution in [0.2, 0.25) is 5.02 Å². The van der Waals surface area contributed by atoms with E-state index in [-0.39, 0.29) is 12.1 Å². The van der Waals surface area contributed by atoms with Gasteiger partial charge < -0.3 is 10.2 Å². The van der Waals surface area contributed by atoms with Gasteiger partial charge in [-0.1, -0.05) is 17.7 Å². The maximum absolute atomic E-state index is 12.7. The number of anilines is 1. The SMILES string of the molecule is CNC(C)c1ccc(N(CC(F)(F)F)C2CC2)cc1Cl. The third-order valence-corrected chi connectivity index (χ3v) is 3.88. The molecule has 2 rings (SSSR count). The predicted octanol–water partition coefficient (Wildman–Crippen LogP) is 4.15. The summed E-state index contributed by atoms with van der Waals surface area (Å²) in [5, 5.41) is 3.56. The van der Waals surface area contributed by atoms with Crippen LogP contribution in [0.15, 0.2) is 18.2 Å². The topological polar surface area (TPSA) is 15.3 Å². The summed E-state index contributed by atoms with van der Waals surface area (Å²) in [5.41, 5.74) is 1.43. The Hall–Kier alpha value is -0.940. The second kappa shape index (κ2) is 5.82. The Morgan fingerprint density at radius 2 is 2.05 bits per heavy atom. The highest BCUT2D eigenvalue weighted by atomic mass is 35.5. The third kappa shape index (κ3) is 3.79. The first-order chi connectivity index (χ1) is 9.31. The summed E-state index contributed by atoms with van der Waals surface area (Å²) >= 11 is 6.20. The summed E-state index contributed by atoms with van der Waals surface area (Å²) in [4.78, 5) is 1.40. The number of nitrogens with zero attached hydrogens (tertiary/aromatic N) is 1. The maximum atomic E-state index is 12.7. The minimum absolute atomic E-state index is 0.0136. The summed E-state index contributed by atoms with van der Waals surface area (Å²) in [6.07, 6.45) is -2.59. The van der Waals surface area contributed by atoms with Gasteiger partial charge in [-0.05, 0) is 44.5 Å². The standard InChI is InChI=1S/C14H18ClF3N2/c1-9(19-2)12-6-5-11(7-13(12)15)20(10-3-4-10)8-14(16,17)18/h5-7,9-10,19H,3-4,8H2,1-2H3. The number of benzene rings is 1. The van der Waals surface area contributed by atoms with E-state index in [0.29, 0.717) is 10.7 Å². The molecule has 0 heterocycles. The zero-order valence-corrected chi connectivity index (χ0v) is 12.2. The van der Waals surface area contributed by atoms with E-state index in [4.69, 9.17) is 11.6 Å². The van der Waals surface area contributed by atoms with E-state index in [1.165, 1.54) is 4.90 Å². The minimum atomic E-state index is -4.20. The van der Waals surface area contributed by atoms with Gasteiger partial charge in [-0.2, -0.15) is 13.2 Å². The second-order valence-electron chi connectivity index (χ2n) is 5.19. The molecule has 1 fully saturated rings. The van der Waals surface area contributed by atoms with Gasteiger partial charge >= 0.3 is 6.18 Å². The van der Waals surface area contributed by atoms with E-state index < -0.39 is 12.7 Å². The molecule has 0 aliphatic heterocycles. The number of alkyl halides is 3. The van der Waals surface area contributed by atoms with Crippen molar-refractivity contribution in [3.8, 4) is 0 Å². The van der Waals surface area contributed by atoms with Crippen LogP contribution in [0.25, 0.3) is 0 Å². The van der Waals surface area contributed by atoms with Crippen molar-refractivity contribution in [1.82, 2.24) is 5.32 Å². The fourth-order valence-corrected chi connectivity index (χ4v) is 2.55. The molecule has 0 amide bonds. The molecule has 2 nitrogen and oxygen atoms in total. The summed E-state index contributed by atoms with van der Waals surface area (Å²) < 4.78 is 38.0. The molecule has 0 radical (unpaired) electrons. The largest absolute Gasteiger partial charge is 0.405 e. The summed E-state index contributed by atoms with van der Waals surface area (Å²) in [5.74, 6) is 0. The maximum Gasteiger partial charge on any atom is 0.405 e. The molecule has 112 valence electrons. The highest BCUT2D eigenvalue weighted by Crippen LogP contribution is 2.36. The van der Waals surface area contributed by atoms with Gasteiger partial charge in [0.05, 0.1) is 0 Å². The highest BCUT2D eigenvalue weighted by molar-refractivity contribution is 6.31. The first-order valence-corrected chi connectivity index (χ1v) is 6.99. The van der Waals surface area contributed by atoms with E-state index in [1.54, 1.807) is 18.2 Å². The minimum Gasteiger partial charge on any atom is -0.359 e. The fourth-order valence-electron chi connectivity index (χ4n) is 2.21. The zero-order valence-electron chi connectivity index (χ0n) is 11.5. The molecule has 0 spiro atoms. The van der Waals surface area contributed by atoms with Crippen molar-refractivity contribution >= 4 is 17.3 Å². The zero-order chi connectivity index (χ0) is 14.9. The Balaban J connectivity index is 2.24. The lowest BCUT2D eigenvalue weighted by Gasteiger charge is -2.27. The van der Waals surface area contributed by atoms with Crippen LogP contribution in [-0.2, 0) is 0 Å². The van der Waals surface area contributed by atoms with Gasteiger partial charge in [0.1, 0.15) is 6.54 Å². The molecule has 6 heteroatoms. The van der Waals surface area contributed by atoms with Gasteiger partial charge in [0, 0.05) is 22.8 Å². The van der Waals surface area contributed by atoms with Crippen LogP contribution >= 0.6 is 11.6 Å². The molecule has 1 unspecified atom stereocenters. The first kappa shape index (κ1) is 15.4. The Morgan fingerprint density at radius 3 is 2.50 bits per heavy atom. The average Bonchev–Trinajstić information content (AvgIpc) is 3.18. The van der Waals surface area contributed by atoms with E-state index >= 15 is 0 Å². The molecule has 1 aliphatic carbocycles. The van der Waals surface area contributed by atoms with Crippen LogP contribution in [0.4, 0.5) is 18.9 Å². The van der Waals surface area contributed by atoms with Crippen LogP contribution in [-0.4, -0.2) is 25.8 Å². The number of rotatable bonds is 5. The van der Waals surface area contributed by atoms with Crippen LogP contribution in [0.1, 0.15) is 31.4 Å². The Bertz CT molecular complexity index is 472. The van der Waals surface area contributed by atoms with Crippen molar-refractivity contribution in [2.45, 2.75) is 38.0 Å². The normalized spacial score (nSPS) is 17.1. The van der Waals surface area contributed by atoms with Gasteiger partial charge in [-0.3, -0.25) is 0 Å². The van der Waals surface area contributed by atoms with E-state index in [9.17, 15) is 13.2 Å². The lowest BCUT2D eigenvalue weighted by molar-refractivity contribution is -0.120. The van der Waals surface area contributed by atoms with E-state index in [0.717, 1.165) is 18.4 Å². The monoisotopic (exact) mass is 306 g/mol. The summed E-state index contributed by atoms with van der Waals surface area (Å²) in [6, 6.07) is 5.20. The van der Waals surface area contributed by atoms with Crippen LogP contribution in [0.3, 0.4) is 0 Å². The highest BCUT2D eigenvalue weighted by Gasteiger charge is 2.38. The van der Waals surface area contributed by atoms with Crippen molar-refractivity contribution < 1.29 is 13.2 Å². The molecule has 0 saturated heterocycles. The smallest absolute Gasteiger partial charge is 0.359 e. The van der Waals surface area contributed by atoms with Gasteiger partial charge in [0.15, 0.2) is 0 Å². The molecular formula is C14H18ClF3N2. The molecule has 1 aromatic carbocycles. The molecule has 1 aliphatic rings. The number of hydrogen-bond acceptors (Lipinski definition) is 2. The van der Waals surface area contributed by atoms with Crippen molar-refractivity contribution in [2.75, 3.05) is 18.5 Å². The molecular weight excluding hydrogens is 289 g/mol. The fraction of sp³-hybridized carbons (Fsp3) is 0.571. The van der Waals surface area contributed by atoms with Crippen LogP contribution < -0.4 is 10.2 Å². The van der Waals surface area contributed by atoms with Gasteiger partial charge in [0.25, 0.3) is 0 Å². The third-order valence-electron chi connectivity index (χ3n) is 3.55. The quantitative estimate of drug-likeness (QED) is 0.879. The summed E-state index contributed by atoms with van der Waals surface area (Å²) in [7, 11) is 1.81. The van der Waals surface area contributed by atoms with Gasteiger partial charge in [0.2, 0.25) is 0 Å². The predicted molar refractivity (Wildman–Crippen MR) is 75.3 cm³/mol. The lowest BCUT2D eigenvalue weighted by atomic mass is 10.1. The Labute approximate surface area is 121 Å². The molecule has 20 heavy (non-hydrogen) atoms. The summed E-state index contributed by atoms with van der Waals surface area (Å²) in [6.45, 7) is 1.03. The molecule has 1 N–H and O–H groups in total. The molecule has 1 atom stereocenters. The van der Waals surface area contributed by atoms with Crippen molar-refractivity contribution in [2.24, 2.45) is 0 Å². The van der Waals surface area contributed by atoms with E-state index in [1.807, 2.05) is 14.0 Å². The molecule has 1 saturated carbocycles. The number of hydrogen-bond donors (Lipinski definition) is 1. The number of halogens is 4. The van der Waals surface area contributed by atoms with Gasteiger partial charge in [-0.15, -0.1) is 0 Å². The number of nitrogens with one attached hydrogen (secondary N) is 1. The van der Waals surface area contributed by atoms with Gasteiger partial charge in [-0.25, -0.2) is 0 Å². The molecule has 1 aromatic rings.